The summed E-state index contributed by atoms with van der Waals surface area (Å²) in [5, 5.41) is 1.99. The fraction of sp³-hybridized carbons (Fsp3) is 0.462. The number of rotatable bonds is 3. The van der Waals surface area contributed by atoms with Gasteiger partial charge >= 0.3 is 0 Å². The third-order valence-electron chi connectivity index (χ3n) is 2.65. The van der Waals surface area contributed by atoms with Crippen molar-refractivity contribution in [2.24, 2.45) is 0 Å². The summed E-state index contributed by atoms with van der Waals surface area (Å²) in [6.45, 7) is 3.68. The van der Waals surface area contributed by atoms with Crippen LogP contribution in [-0.2, 0) is 4.79 Å². The van der Waals surface area contributed by atoms with Gasteiger partial charge in [0.05, 0.1) is 13.2 Å². The number of carbonyl (C=O) groups excluding carboxylic acids is 1. The molecule has 98 valence electrons. The molecule has 1 aliphatic rings. The lowest BCUT2D eigenvalue weighted by atomic mass is 10.1. The largest absolute Gasteiger partial charge is 0.490 e. The Bertz CT molecular complexity index is 436. The van der Waals surface area contributed by atoms with Crippen molar-refractivity contribution in [3.05, 3.63) is 23.8 Å². The minimum atomic E-state index is -0.706. The number of fused-ring (bicyclic) bond motifs is 1. The molecule has 18 heavy (non-hydrogen) atoms. The quantitative estimate of drug-likeness (QED) is 0.857. The third-order valence-corrected chi connectivity index (χ3v) is 3.10. The molecule has 1 aromatic carbocycles. The molecule has 0 bridgehead atoms. The van der Waals surface area contributed by atoms with Crippen LogP contribution in [0.5, 0.6) is 11.5 Å². The van der Waals surface area contributed by atoms with Crippen molar-refractivity contribution >= 4 is 17.5 Å². The number of amides is 1. The number of hydrogen-bond donors (Lipinski definition) is 1. The van der Waals surface area contributed by atoms with Crippen molar-refractivity contribution in [3.63, 3.8) is 0 Å². The topological polar surface area (TPSA) is 47.6 Å². The maximum absolute atomic E-state index is 11.7. The molecule has 0 radical (unpaired) electrons. The van der Waals surface area contributed by atoms with Gasteiger partial charge in [0, 0.05) is 13.0 Å². The summed E-state index contributed by atoms with van der Waals surface area (Å²) in [5.41, 5.74) is 0.715. The Morgan fingerprint density at radius 3 is 2.83 bits per heavy atom. The molecule has 1 N–H and O–H groups in total. The van der Waals surface area contributed by atoms with E-state index in [1.807, 2.05) is 6.92 Å². The van der Waals surface area contributed by atoms with E-state index < -0.39 is 5.38 Å². The van der Waals surface area contributed by atoms with Crippen LogP contribution in [0.2, 0.25) is 0 Å². The molecule has 4 nitrogen and oxygen atoms in total. The second kappa shape index (κ2) is 5.96. The molecule has 1 atom stereocenters. The molecule has 2 rings (SSSR count). The van der Waals surface area contributed by atoms with Crippen LogP contribution in [0, 0.1) is 0 Å². The standard InChI is InChI=1S/C13H16ClNO3/c1-2-15-13(16)12(14)9-4-5-10-11(8-9)18-7-3-6-17-10/h4-5,8,12H,2-3,6-7H2,1H3,(H,15,16). The summed E-state index contributed by atoms with van der Waals surface area (Å²) in [6, 6.07) is 5.36. The fourth-order valence-corrected chi connectivity index (χ4v) is 1.97. The molecular weight excluding hydrogens is 254 g/mol. The van der Waals surface area contributed by atoms with E-state index in [0.717, 1.165) is 6.42 Å². The van der Waals surface area contributed by atoms with E-state index >= 15 is 0 Å². The normalized spacial score (nSPS) is 15.7. The number of hydrogen-bond acceptors (Lipinski definition) is 3. The van der Waals surface area contributed by atoms with E-state index in [1.54, 1.807) is 18.2 Å². The molecule has 5 heteroatoms. The molecule has 1 heterocycles. The Kier molecular flexibility index (Phi) is 4.31. The number of nitrogens with one attached hydrogen (secondary N) is 1. The lowest BCUT2D eigenvalue weighted by molar-refractivity contribution is -0.120. The summed E-state index contributed by atoms with van der Waals surface area (Å²) < 4.78 is 11.1. The summed E-state index contributed by atoms with van der Waals surface area (Å²) in [5.74, 6) is 1.16. The van der Waals surface area contributed by atoms with Gasteiger partial charge in [-0.3, -0.25) is 4.79 Å². The Balaban J connectivity index is 2.19. The highest BCUT2D eigenvalue weighted by Gasteiger charge is 2.19. The molecular formula is C13H16ClNO3. The van der Waals surface area contributed by atoms with Crippen molar-refractivity contribution in [2.45, 2.75) is 18.7 Å². The van der Waals surface area contributed by atoms with Gasteiger partial charge in [0.1, 0.15) is 5.38 Å². The highest BCUT2D eigenvalue weighted by Crippen LogP contribution is 2.33. The van der Waals surface area contributed by atoms with Crippen LogP contribution in [-0.4, -0.2) is 25.7 Å². The van der Waals surface area contributed by atoms with Gasteiger partial charge in [-0.15, -0.1) is 11.6 Å². The zero-order chi connectivity index (χ0) is 13.0. The highest BCUT2D eigenvalue weighted by molar-refractivity contribution is 6.30. The summed E-state index contributed by atoms with van der Waals surface area (Å²) in [7, 11) is 0. The van der Waals surface area contributed by atoms with Gasteiger partial charge in [-0.05, 0) is 24.6 Å². The Morgan fingerprint density at radius 2 is 2.11 bits per heavy atom. The Morgan fingerprint density at radius 1 is 1.39 bits per heavy atom. The number of ether oxygens (including phenoxy) is 2. The molecule has 0 spiro atoms. The number of carbonyl (C=O) groups is 1. The number of benzene rings is 1. The second-order valence-corrected chi connectivity index (χ2v) is 4.45. The molecule has 0 aliphatic carbocycles. The van der Waals surface area contributed by atoms with Crippen LogP contribution in [0.4, 0.5) is 0 Å². The van der Waals surface area contributed by atoms with Crippen LogP contribution in [0.25, 0.3) is 0 Å². The third kappa shape index (κ3) is 2.88. The lowest BCUT2D eigenvalue weighted by Gasteiger charge is -2.13. The van der Waals surface area contributed by atoms with E-state index in [9.17, 15) is 4.79 Å². The van der Waals surface area contributed by atoms with E-state index in [2.05, 4.69) is 5.32 Å². The van der Waals surface area contributed by atoms with Crippen LogP contribution < -0.4 is 14.8 Å². The van der Waals surface area contributed by atoms with Gasteiger partial charge in [-0.25, -0.2) is 0 Å². The first-order chi connectivity index (χ1) is 8.72. The van der Waals surface area contributed by atoms with Gasteiger partial charge in [0.2, 0.25) is 5.91 Å². The number of halogens is 1. The first-order valence-electron chi connectivity index (χ1n) is 6.03. The summed E-state index contributed by atoms with van der Waals surface area (Å²) in [6.07, 6.45) is 0.852. The van der Waals surface area contributed by atoms with Crippen LogP contribution in [0.3, 0.4) is 0 Å². The Labute approximate surface area is 111 Å². The van der Waals surface area contributed by atoms with Gasteiger partial charge in [0.25, 0.3) is 0 Å². The van der Waals surface area contributed by atoms with Gasteiger partial charge in [0.15, 0.2) is 11.5 Å². The maximum Gasteiger partial charge on any atom is 0.242 e. The SMILES string of the molecule is CCNC(=O)C(Cl)c1ccc2c(c1)OCCCO2. The Hall–Kier alpha value is -1.42. The zero-order valence-corrected chi connectivity index (χ0v) is 11.0. The molecule has 1 aliphatic heterocycles. The minimum absolute atomic E-state index is 0.200. The van der Waals surface area contributed by atoms with Gasteiger partial charge in [-0.1, -0.05) is 6.07 Å². The van der Waals surface area contributed by atoms with Crippen molar-refractivity contribution in [1.82, 2.24) is 5.32 Å². The first kappa shape index (κ1) is 13.0. The fourth-order valence-electron chi connectivity index (χ4n) is 1.75. The molecule has 1 unspecified atom stereocenters. The average Bonchev–Trinajstić information content (AvgIpc) is 2.62. The van der Waals surface area contributed by atoms with E-state index in [4.69, 9.17) is 21.1 Å². The number of likely N-dealkylation sites (N-methyl/N-ethyl adjacent to an activating group) is 1. The molecule has 1 amide bonds. The monoisotopic (exact) mass is 269 g/mol. The lowest BCUT2D eigenvalue weighted by Crippen LogP contribution is -2.26. The highest BCUT2D eigenvalue weighted by atomic mass is 35.5. The summed E-state index contributed by atoms with van der Waals surface area (Å²) >= 11 is 6.11. The minimum Gasteiger partial charge on any atom is -0.490 e. The zero-order valence-electron chi connectivity index (χ0n) is 10.2. The van der Waals surface area contributed by atoms with Crippen LogP contribution in [0.1, 0.15) is 24.3 Å². The number of alkyl halides is 1. The van der Waals surface area contributed by atoms with Crippen LogP contribution in [0.15, 0.2) is 18.2 Å². The van der Waals surface area contributed by atoms with E-state index in [0.29, 0.717) is 36.8 Å². The second-order valence-electron chi connectivity index (χ2n) is 4.01. The van der Waals surface area contributed by atoms with Gasteiger partial charge in [-0.2, -0.15) is 0 Å². The molecule has 0 saturated heterocycles. The van der Waals surface area contributed by atoms with Crippen LogP contribution >= 0.6 is 11.6 Å². The van der Waals surface area contributed by atoms with Crippen molar-refractivity contribution < 1.29 is 14.3 Å². The van der Waals surface area contributed by atoms with Crippen molar-refractivity contribution in [3.8, 4) is 11.5 Å². The predicted octanol–water partition coefficient (Wildman–Crippen LogP) is 2.26. The van der Waals surface area contributed by atoms with E-state index in [1.165, 1.54) is 0 Å². The molecule has 0 fully saturated rings. The molecule has 0 saturated carbocycles. The average molecular weight is 270 g/mol. The van der Waals surface area contributed by atoms with Crippen molar-refractivity contribution in [2.75, 3.05) is 19.8 Å². The molecule has 1 aromatic rings. The predicted molar refractivity (Wildman–Crippen MR) is 69.3 cm³/mol. The molecule has 0 aromatic heterocycles. The van der Waals surface area contributed by atoms with E-state index in [-0.39, 0.29) is 5.91 Å². The summed E-state index contributed by atoms with van der Waals surface area (Å²) in [4.78, 5) is 11.7. The smallest absolute Gasteiger partial charge is 0.242 e. The van der Waals surface area contributed by atoms with Gasteiger partial charge < -0.3 is 14.8 Å². The first-order valence-corrected chi connectivity index (χ1v) is 6.47. The van der Waals surface area contributed by atoms with Crippen molar-refractivity contribution in [1.29, 1.82) is 0 Å². The maximum atomic E-state index is 11.7.